The van der Waals surface area contributed by atoms with Crippen LogP contribution in [0.4, 0.5) is 11.7 Å². The number of nitrogens with two attached hydrogens (primary N) is 1. The summed E-state index contributed by atoms with van der Waals surface area (Å²) in [6.07, 6.45) is 5.90. The molecular weight excluding hydrogens is 238 g/mol. The third-order valence-electron chi connectivity index (χ3n) is 3.28. The average molecular weight is 261 g/mol. The number of anilines is 2. The molecule has 0 spiro atoms. The van der Waals surface area contributed by atoms with Crippen molar-refractivity contribution in [2.24, 2.45) is 0 Å². The Labute approximate surface area is 114 Å². The standard InChI is InChI=1S/C15H23N3O/c1-3-5-7-12(6-4-2)17-15-18-13-9-8-11(16)10-14(13)19-15/h8-10,12H,3-7,16H2,1-2H3,(H,17,18). The molecule has 104 valence electrons. The van der Waals surface area contributed by atoms with Crippen LogP contribution < -0.4 is 11.1 Å². The highest BCUT2D eigenvalue weighted by atomic mass is 16.4. The zero-order chi connectivity index (χ0) is 13.7. The third kappa shape index (κ3) is 3.63. The molecule has 0 aliphatic heterocycles. The number of hydrogen-bond donors (Lipinski definition) is 2. The van der Waals surface area contributed by atoms with Crippen molar-refractivity contribution in [3.63, 3.8) is 0 Å². The second kappa shape index (κ2) is 6.45. The number of rotatable bonds is 7. The minimum atomic E-state index is 0.440. The highest BCUT2D eigenvalue weighted by Gasteiger charge is 2.11. The first-order valence-corrected chi connectivity index (χ1v) is 7.15. The summed E-state index contributed by atoms with van der Waals surface area (Å²) in [6.45, 7) is 4.42. The van der Waals surface area contributed by atoms with E-state index in [1.165, 1.54) is 12.8 Å². The summed E-state index contributed by atoms with van der Waals surface area (Å²) in [5, 5.41) is 3.41. The number of oxazole rings is 1. The largest absolute Gasteiger partial charge is 0.423 e. The minimum Gasteiger partial charge on any atom is -0.423 e. The van der Waals surface area contributed by atoms with E-state index in [-0.39, 0.29) is 0 Å². The molecular formula is C15H23N3O. The van der Waals surface area contributed by atoms with Gasteiger partial charge in [0.05, 0.1) is 0 Å². The molecule has 3 N–H and O–H groups in total. The van der Waals surface area contributed by atoms with Gasteiger partial charge in [0.15, 0.2) is 5.58 Å². The third-order valence-corrected chi connectivity index (χ3v) is 3.28. The van der Waals surface area contributed by atoms with Crippen LogP contribution in [0.1, 0.15) is 46.0 Å². The number of nitrogens with zero attached hydrogens (tertiary/aromatic N) is 1. The van der Waals surface area contributed by atoms with Crippen LogP contribution in [0.15, 0.2) is 22.6 Å². The number of benzene rings is 1. The summed E-state index contributed by atoms with van der Waals surface area (Å²) in [7, 11) is 0. The van der Waals surface area contributed by atoms with Crippen LogP contribution in [-0.4, -0.2) is 11.0 Å². The molecule has 4 heteroatoms. The first kappa shape index (κ1) is 13.7. The first-order chi connectivity index (χ1) is 9.22. The maximum atomic E-state index is 5.74. The zero-order valence-electron chi connectivity index (χ0n) is 11.8. The normalized spacial score (nSPS) is 12.7. The van der Waals surface area contributed by atoms with Crippen LogP contribution in [0.2, 0.25) is 0 Å². The number of nitrogen functional groups attached to an aromatic ring is 1. The quantitative estimate of drug-likeness (QED) is 0.734. The number of unbranched alkanes of at least 4 members (excludes halogenated alkanes) is 1. The van der Waals surface area contributed by atoms with Gasteiger partial charge in [0.25, 0.3) is 6.01 Å². The van der Waals surface area contributed by atoms with Crippen molar-refractivity contribution in [3.8, 4) is 0 Å². The van der Waals surface area contributed by atoms with Crippen LogP contribution in [0.25, 0.3) is 11.1 Å². The van der Waals surface area contributed by atoms with Crippen LogP contribution in [-0.2, 0) is 0 Å². The molecule has 1 aromatic carbocycles. The highest BCUT2D eigenvalue weighted by molar-refractivity contribution is 5.78. The Morgan fingerprint density at radius 1 is 1.26 bits per heavy atom. The fourth-order valence-corrected chi connectivity index (χ4v) is 2.27. The molecule has 0 saturated heterocycles. The summed E-state index contributed by atoms with van der Waals surface area (Å²) in [6, 6.07) is 6.59. The molecule has 1 aromatic heterocycles. The lowest BCUT2D eigenvalue weighted by Gasteiger charge is -2.15. The van der Waals surface area contributed by atoms with Gasteiger partial charge in [0.1, 0.15) is 5.52 Å². The van der Waals surface area contributed by atoms with E-state index in [9.17, 15) is 0 Å². The molecule has 19 heavy (non-hydrogen) atoms. The van der Waals surface area contributed by atoms with Crippen molar-refractivity contribution < 1.29 is 4.42 Å². The fraction of sp³-hybridized carbons (Fsp3) is 0.533. The van der Waals surface area contributed by atoms with Gasteiger partial charge in [-0.25, -0.2) is 0 Å². The summed E-state index contributed by atoms with van der Waals surface area (Å²) in [5.74, 6) is 0. The molecule has 1 atom stereocenters. The van der Waals surface area contributed by atoms with Crippen molar-refractivity contribution >= 4 is 22.8 Å². The Bertz CT molecular complexity index is 521. The van der Waals surface area contributed by atoms with E-state index in [1.54, 1.807) is 0 Å². The van der Waals surface area contributed by atoms with Crippen molar-refractivity contribution in [2.75, 3.05) is 11.1 Å². The molecule has 4 nitrogen and oxygen atoms in total. The number of hydrogen-bond acceptors (Lipinski definition) is 4. The van der Waals surface area contributed by atoms with E-state index in [0.29, 0.717) is 17.7 Å². The van der Waals surface area contributed by atoms with E-state index >= 15 is 0 Å². The summed E-state index contributed by atoms with van der Waals surface area (Å²) >= 11 is 0. The Morgan fingerprint density at radius 3 is 2.84 bits per heavy atom. The minimum absolute atomic E-state index is 0.440. The lowest BCUT2D eigenvalue weighted by molar-refractivity contribution is 0.532. The van der Waals surface area contributed by atoms with Crippen LogP contribution >= 0.6 is 0 Å². The maximum Gasteiger partial charge on any atom is 0.295 e. The van der Waals surface area contributed by atoms with Gasteiger partial charge in [-0.15, -0.1) is 0 Å². The predicted molar refractivity (Wildman–Crippen MR) is 80.3 cm³/mol. The molecule has 1 unspecified atom stereocenters. The van der Waals surface area contributed by atoms with Crippen molar-refractivity contribution in [2.45, 2.75) is 52.0 Å². The molecule has 0 bridgehead atoms. The number of nitrogens with one attached hydrogen (secondary N) is 1. The first-order valence-electron chi connectivity index (χ1n) is 7.15. The lowest BCUT2D eigenvalue weighted by Crippen LogP contribution is -2.19. The molecule has 0 aliphatic rings. The van der Waals surface area contributed by atoms with Crippen LogP contribution in [0.3, 0.4) is 0 Å². The van der Waals surface area contributed by atoms with Gasteiger partial charge >= 0.3 is 0 Å². The van der Waals surface area contributed by atoms with Gasteiger partial charge in [0, 0.05) is 17.8 Å². The lowest BCUT2D eigenvalue weighted by atomic mass is 10.1. The molecule has 1 heterocycles. The summed E-state index contributed by atoms with van der Waals surface area (Å²) in [4.78, 5) is 4.45. The van der Waals surface area contributed by atoms with Crippen molar-refractivity contribution in [1.29, 1.82) is 0 Å². The van der Waals surface area contributed by atoms with E-state index < -0.39 is 0 Å². The fourth-order valence-electron chi connectivity index (χ4n) is 2.27. The molecule has 2 rings (SSSR count). The van der Waals surface area contributed by atoms with Gasteiger partial charge in [-0.1, -0.05) is 33.1 Å². The molecule has 0 amide bonds. The van der Waals surface area contributed by atoms with E-state index in [1.807, 2.05) is 18.2 Å². The van der Waals surface area contributed by atoms with Gasteiger partial charge in [-0.05, 0) is 25.0 Å². The molecule has 0 saturated carbocycles. The Kier molecular flexibility index (Phi) is 4.66. The maximum absolute atomic E-state index is 5.74. The second-order valence-electron chi connectivity index (χ2n) is 5.02. The van der Waals surface area contributed by atoms with Crippen molar-refractivity contribution in [3.05, 3.63) is 18.2 Å². The number of fused-ring (bicyclic) bond motifs is 1. The molecule has 0 fully saturated rings. The Hall–Kier alpha value is -1.71. The Balaban J connectivity index is 2.09. The smallest absolute Gasteiger partial charge is 0.295 e. The van der Waals surface area contributed by atoms with Gasteiger partial charge in [-0.2, -0.15) is 4.98 Å². The average Bonchev–Trinajstić information content (AvgIpc) is 2.77. The van der Waals surface area contributed by atoms with E-state index in [4.69, 9.17) is 10.2 Å². The van der Waals surface area contributed by atoms with Gasteiger partial charge in [-0.3, -0.25) is 0 Å². The van der Waals surface area contributed by atoms with E-state index in [2.05, 4.69) is 24.1 Å². The monoisotopic (exact) mass is 261 g/mol. The predicted octanol–water partition coefficient (Wildman–Crippen LogP) is 4.18. The highest BCUT2D eigenvalue weighted by Crippen LogP contribution is 2.22. The van der Waals surface area contributed by atoms with Crippen LogP contribution in [0.5, 0.6) is 0 Å². The molecule has 2 aromatic rings. The van der Waals surface area contributed by atoms with Crippen LogP contribution in [0, 0.1) is 0 Å². The number of aromatic nitrogens is 1. The van der Waals surface area contributed by atoms with Crippen molar-refractivity contribution in [1.82, 2.24) is 4.98 Å². The second-order valence-corrected chi connectivity index (χ2v) is 5.02. The SMILES string of the molecule is CCCCC(CCC)Nc1nc2ccc(N)cc2o1. The zero-order valence-corrected chi connectivity index (χ0v) is 11.8. The summed E-state index contributed by atoms with van der Waals surface area (Å²) in [5.41, 5.74) is 8.03. The van der Waals surface area contributed by atoms with Gasteiger partial charge < -0.3 is 15.5 Å². The molecule has 0 aliphatic carbocycles. The Morgan fingerprint density at radius 2 is 2.11 bits per heavy atom. The topological polar surface area (TPSA) is 64.1 Å². The van der Waals surface area contributed by atoms with Gasteiger partial charge in [0.2, 0.25) is 0 Å². The van der Waals surface area contributed by atoms with E-state index in [0.717, 1.165) is 30.4 Å². The summed E-state index contributed by atoms with van der Waals surface area (Å²) < 4.78 is 5.70. The molecule has 0 radical (unpaired) electrons.